The van der Waals surface area contributed by atoms with Gasteiger partial charge in [-0.3, -0.25) is 4.79 Å². The molecule has 78 valence electrons. The highest BCUT2D eigenvalue weighted by atomic mass is 16.4. The Hall–Kier alpha value is -1.25. The Morgan fingerprint density at radius 3 is 2.57 bits per heavy atom. The average Bonchev–Trinajstić information content (AvgIpc) is 2.40. The van der Waals surface area contributed by atoms with Crippen LogP contribution < -0.4 is 0 Å². The quantitative estimate of drug-likeness (QED) is 0.800. The van der Waals surface area contributed by atoms with E-state index in [9.17, 15) is 4.79 Å². The highest BCUT2D eigenvalue weighted by Crippen LogP contribution is 2.12. The summed E-state index contributed by atoms with van der Waals surface area (Å²) in [5.74, 6) is -0.987. The van der Waals surface area contributed by atoms with E-state index >= 15 is 0 Å². The van der Waals surface area contributed by atoms with Gasteiger partial charge in [-0.25, -0.2) is 0 Å². The van der Waals surface area contributed by atoms with Crippen molar-refractivity contribution < 1.29 is 9.90 Å². The topological polar surface area (TPSA) is 42.2 Å². The number of rotatable bonds is 4. The molecule has 0 radical (unpaired) electrons. The molecule has 1 unspecified atom stereocenters. The fourth-order valence-electron chi connectivity index (χ4n) is 1.61. The number of aromatic nitrogens is 1. The lowest BCUT2D eigenvalue weighted by molar-refractivity contribution is -0.142. The maximum atomic E-state index is 10.8. The van der Waals surface area contributed by atoms with E-state index in [-0.39, 0.29) is 5.92 Å². The van der Waals surface area contributed by atoms with Crippen LogP contribution in [0.2, 0.25) is 0 Å². The van der Waals surface area contributed by atoms with Crippen molar-refractivity contribution in [1.29, 1.82) is 0 Å². The Balaban J connectivity index is 2.76. The molecule has 3 heteroatoms. The number of hydrogen-bond acceptors (Lipinski definition) is 1. The van der Waals surface area contributed by atoms with Crippen molar-refractivity contribution in [2.75, 3.05) is 0 Å². The van der Waals surface area contributed by atoms with Gasteiger partial charge in [0.25, 0.3) is 0 Å². The summed E-state index contributed by atoms with van der Waals surface area (Å²) in [7, 11) is 0. The Kier molecular flexibility index (Phi) is 3.33. The molecule has 0 spiro atoms. The summed E-state index contributed by atoms with van der Waals surface area (Å²) in [5, 5.41) is 8.92. The second-order valence-corrected chi connectivity index (χ2v) is 3.75. The molecule has 0 aromatic carbocycles. The van der Waals surface area contributed by atoms with Crippen LogP contribution in [0.4, 0.5) is 0 Å². The van der Waals surface area contributed by atoms with Crippen LogP contribution in [0.3, 0.4) is 0 Å². The standard InChI is InChI=1S/C11H17NO2/c1-4-10(11(13)14)7-12-6-8(2)5-9(12)3/h5-6,10H,4,7H2,1-3H3,(H,13,14). The minimum absolute atomic E-state index is 0.277. The van der Waals surface area contributed by atoms with Crippen LogP contribution in [0.25, 0.3) is 0 Å². The van der Waals surface area contributed by atoms with Gasteiger partial charge in [-0.15, -0.1) is 0 Å². The van der Waals surface area contributed by atoms with Crippen LogP contribution in [-0.2, 0) is 11.3 Å². The molecule has 0 aliphatic heterocycles. The van der Waals surface area contributed by atoms with Gasteiger partial charge >= 0.3 is 5.97 Å². The second-order valence-electron chi connectivity index (χ2n) is 3.75. The summed E-state index contributed by atoms with van der Waals surface area (Å²) in [6.07, 6.45) is 2.67. The number of carbonyl (C=O) groups is 1. The van der Waals surface area contributed by atoms with Crippen LogP contribution in [0.5, 0.6) is 0 Å². The van der Waals surface area contributed by atoms with E-state index in [2.05, 4.69) is 6.07 Å². The van der Waals surface area contributed by atoms with Gasteiger partial charge in [-0.2, -0.15) is 0 Å². The molecule has 1 aromatic heterocycles. The lowest BCUT2D eigenvalue weighted by Crippen LogP contribution is -2.19. The average molecular weight is 195 g/mol. The smallest absolute Gasteiger partial charge is 0.308 e. The fourth-order valence-corrected chi connectivity index (χ4v) is 1.61. The van der Waals surface area contributed by atoms with Crippen molar-refractivity contribution in [1.82, 2.24) is 4.57 Å². The van der Waals surface area contributed by atoms with E-state index in [1.54, 1.807) is 0 Å². The SMILES string of the molecule is CCC(Cn1cc(C)cc1C)C(=O)O. The zero-order valence-corrected chi connectivity index (χ0v) is 8.95. The van der Waals surface area contributed by atoms with Crippen molar-refractivity contribution in [3.63, 3.8) is 0 Å². The van der Waals surface area contributed by atoms with Crippen molar-refractivity contribution >= 4 is 5.97 Å². The number of aliphatic carboxylic acids is 1. The summed E-state index contributed by atoms with van der Waals surface area (Å²) in [5.41, 5.74) is 2.31. The normalized spacial score (nSPS) is 12.8. The summed E-state index contributed by atoms with van der Waals surface area (Å²) >= 11 is 0. The van der Waals surface area contributed by atoms with Crippen LogP contribution in [0.1, 0.15) is 24.6 Å². The molecule has 1 heterocycles. The molecular formula is C11H17NO2. The van der Waals surface area contributed by atoms with Gasteiger partial charge in [-0.05, 0) is 31.9 Å². The molecular weight excluding hydrogens is 178 g/mol. The van der Waals surface area contributed by atoms with E-state index in [0.717, 1.165) is 5.69 Å². The molecule has 14 heavy (non-hydrogen) atoms. The molecule has 1 rings (SSSR count). The number of carboxylic acids is 1. The van der Waals surface area contributed by atoms with Crippen LogP contribution >= 0.6 is 0 Å². The largest absolute Gasteiger partial charge is 0.481 e. The van der Waals surface area contributed by atoms with Gasteiger partial charge in [0.15, 0.2) is 0 Å². The summed E-state index contributed by atoms with van der Waals surface area (Å²) in [4.78, 5) is 10.8. The van der Waals surface area contributed by atoms with Crippen LogP contribution in [0.15, 0.2) is 12.3 Å². The highest BCUT2D eigenvalue weighted by Gasteiger charge is 2.15. The minimum atomic E-state index is -0.710. The molecule has 1 atom stereocenters. The summed E-state index contributed by atoms with van der Waals surface area (Å²) in [6.45, 7) is 6.50. The molecule has 0 amide bonds. The summed E-state index contributed by atoms with van der Waals surface area (Å²) in [6, 6.07) is 2.06. The first kappa shape index (κ1) is 10.8. The molecule has 3 nitrogen and oxygen atoms in total. The number of carboxylic acid groups (broad SMARTS) is 1. The zero-order valence-electron chi connectivity index (χ0n) is 8.95. The van der Waals surface area contributed by atoms with Gasteiger partial charge in [0.05, 0.1) is 5.92 Å². The monoisotopic (exact) mass is 195 g/mol. The Bertz CT molecular complexity index is 328. The highest BCUT2D eigenvalue weighted by molar-refractivity contribution is 5.69. The van der Waals surface area contributed by atoms with Crippen molar-refractivity contribution in [2.24, 2.45) is 5.92 Å². The van der Waals surface area contributed by atoms with Gasteiger partial charge in [0, 0.05) is 18.4 Å². The Morgan fingerprint density at radius 1 is 1.57 bits per heavy atom. The van der Waals surface area contributed by atoms with E-state index in [1.807, 2.05) is 31.5 Å². The van der Waals surface area contributed by atoms with Crippen molar-refractivity contribution in [3.05, 3.63) is 23.5 Å². The molecule has 0 fully saturated rings. The first-order valence-electron chi connectivity index (χ1n) is 4.90. The van der Waals surface area contributed by atoms with Crippen molar-refractivity contribution in [2.45, 2.75) is 33.7 Å². The Morgan fingerprint density at radius 2 is 2.21 bits per heavy atom. The predicted octanol–water partition coefficient (Wildman–Crippen LogP) is 2.22. The predicted molar refractivity (Wildman–Crippen MR) is 55.3 cm³/mol. The van der Waals surface area contributed by atoms with Gasteiger partial charge in [-0.1, -0.05) is 6.92 Å². The third kappa shape index (κ3) is 2.37. The minimum Gasteiger partial charge on any atom is -0.481 e. The number of hydrogen-bond donors (Lipinski definition) is 1. The molecule has 0 aliphatic rings. The van der Waals surface area contributed by atoms with Gasteiger partial charge in [0.2, 0.25) is 0 Å². The lowest BCUT2D eigenvalue weighted by Gasteiger charge is -2.12. The number of nitrogens with zero attached hydrogens (tertiary/aromatic N) is 1. The third-order valence-electron chi connectivity index (χ3n) is 2.51. The fraction of sp³-hybridized carbons (Fsp3) is 0.545. The first-order chi connectivity index (χ1) is 6.54. The van der Waals surface area contributed by atoms with E-state index < -0.39 is 5.97 Å². The van der Waals surface area contributed by atoms with Crippen LogP contribution in [0, 0.1) is 19.8 Å². The number of aryl methyl sites for hydroxylation is 2. The molecule has 0 aliphatic carbocycles. The zero-order chi connectivity index (χ0) is 10.7. The third-order valence-corrected chi connectivity index (χ3v) is 2.51. The lowest BCUT2D eigenvalue weighted by atomic mass is 10.1. The van der Waals surface area contributed by atoms with Gasteiger partial charge < -0.3 is 9.67 Å². The molecule has 0 bridgehead atoms. The molecule has 1 N–H and O–H groups in total. The Labute approximate surface area is 84.4 Å². The second kappa shape index (κ2) is 4.31. The van der Waals surface area contributed by atoms with E-state index in [0.29, 0.717) is 13.0 Å². The first-order valence-corrected chi connectivity index (χ1v) is 4.90. The molecule has 0 saturated carbocycles. The summed E-state index contributed by atoms with van der Waals surface area (Å²) < 4.78 is 2.01. The van der Waals surface area contributed by atoms with E-state index in [1.165, 1.54) is 5.56 Å². The maximum absolute atomic E-state index is 10.8. The van der Waals surface area contributed by atoms with Crippen molar-refractivity contribution in [3.8, 4) is 0 Å². The molecule has 0 saturated heterocycles. The molecule has 1 aromatic rings. The van der Waals surface area contributed by atoms with Crippen LogP contribution in [-0.4, -0.2) is 15.6 Å². The van der Waals surface area contributed by atoms with E-state index in [4.69, 9.17) is 5.11 Å². The maximum Gasteiger partial charge on any atom is 0.308 e. The van der Waals surface area contributed by atoms with Gasteiger partial charge in [0.1, 0.15) is 0 Å².